The van der Waals surface area contributed by atoms with Gasteiger partial charge in [0.2, 0.25) is 5.91 Å². The Labute approximate surface area is 156 Å². The highest BCUT2D eigenvalue weighted by Gasteiger charge is 2.17. The lowest BCUT2D eigenvalue weighted by Crippen LogP contribution is -2.41. The molecule has 0 fully saturated rings. The second-order valence-electron chi connectivity index (χ2n) is 6.66. The van der Waals surface area contributed by atoms with Crippen LogP contribution in [0.2, 0.25) is 0 Å². The molecule has 5 nitrogen and oxygen atoms in total. The van der Waals surface area contributed by atoms with E-state index in [0.29, 0.717) is 6.54 Å². The Kier molecular flexibility index (Phi) is 7.04. The molecule has 0 N–H and O–H groups in total. The van der Waals surface area contributed by atoms with E-state index in [0.717, 1.165) is 30.2 Å². The van der Waals surface area contributed by atoms with Gasteiger partial charge in [0, 0.05) is 31.5 Å². The van der Waals surface area contributed by atoms with Crippen LogP contribution in [0, 0.1) is 6.92 Å². The first-order valence-electron chi connectivity index (χ1n) is 8.78. The number of carbonyl (C=O) groups is 1. The molecule has 0 atom stereocenters. The molecule has 0 unspecified atom stereocenters. The van der Waals surface area contributed by atoms with Crippen LogP contribution >= 0.6 is 0 Å². The zero-order chi connectivity index (χ0) is 19.1. The van der Waals surface area contributed by atoms with E-state index in [1.165, 1.54) is 5.56 Å². The molecule has 0 saturated heterocycles. The van der Waals surface area contributed by atoms with E-state index in [9.17, 15) is 4.79 Å². The number of hydrogen-bond acceptors (Lipinski definition) is 4. The van der Waals surface area contributed by atoms with Gasteiger partial charge in [-0.1, -0.05) is 18.2 Å². The van der Waals surface area contributed by atoms with Gasteiger partial charge in [-0.15, -0.1) is 0 Å². The van der Waals surface area contributed by atoms with Gasteiger partial charge >= 0.3 is 0 Å². The Morgan fingerprint density at radius 1 is 0.962 bits per heavy atom. The minimum Gasteiger partial charge on any atom is -0.497 e. The third-order valence-electron chi connectivity index (χ3n) is 4.43. The van der Waals surface area contributed by atoms with Crippen LogP contribution in [-0.2, 0) is 4.79 Å². The highest BCUT2D eigenvalue weighted by Crippen LogP contribution is 2.21. The van der Waals surface area contributed by atoms with E-state index in [1.807, 2.05) is 57.5 Å². The van der Waals surface area contributed by atoms with Crippen LogP contribution in [0.15, 0.2) is 48.5 Å². The van der Waals surface area contributed by atoms with Crippen LogP contribution in [0.25, 0.3) is 0 Å². The maximum Gasteiger partial charge on any atom is 0.246 e. The third-order valence-corrected chi connectivity index (χ3v) is 4.43. The predicted molar refractivity (Wildman–Crippen MR) is 108 cm³/mol. The van der Waals surface area contributed by atoms with Crippen LogP contribution in [-0.4, -0.2) is 58.7 Å². The summed E-state index contributed by atoms with van der Waals surface area (Å²) in [5.74, 6) is 0.833. The molecule has 5 heteroatoms. The van der Waals surface area contributed by atoms with Gasteiger partial charge in [0.25, 0.3) is 0 Å². The number of ether oxygens (including phenoxy) is 1. The lowest BCUT2D eigenvalue weighted by atomic mass is 10.1. The lowest BCUT2D eigenvalue weighted by Gasteiger charge is -2.29. The molecular formula is C21H29N3O2. The molecular weight excluding hydrogens is 326 g/mol. The summed E-state index contributed by atoms with van der Waals surface area (Å²) >= 11 is 0. The van der Waals surface area contributed by atoms with Gasteiger partial charge in [0.05, 0.1) is 13.7 Å². The van der Waals surface area contributed by atoms with Crippen molar-refractivity contribution in [2.24, 2.45) is 0 Å². The monoisotopic (exact) mass is 355 g/mol. The van der Waals surface area contributed by atoms with Crippen LogP contribution < -0.4 is 14.5 Å². The molecule has 0 bridgehead atoms. The standard InChI is InChI=1S/C21H29N3O2/c1-17-8-6-7-9-20(17)24(15-14-22(2)3)16-21(25)23(4)18-10-12-19(26-5)13-11-18/h6-13H,14-16H2,1-5H3. The number of methoxy groups -OCH3 is 1. The van der Waals surface area contributed by atoms with Crippen molar-refractivity contribution >= 4 is 17.3 Å². The van der Waals surface area contributed by atoms with Gasteiger partial charge in [-0.25, -0.2) is 0 Å². The first-order chi connectivity index (χ1) is 12.4. The Bertz CT molecular complexity index is 713. The Morgan fingerprint density at radius 3 is 2.19 bits per heavy atom. The number of benzene rings is 2. The Balaban J connectivity index is 2.15. The number of likely N-dealkylation sites (N-methyl/N-ethyl adjacent to an activating group) is 2. The van der Waals surface area contributed by atoms with Crippen molar-refractivity contribution in [3.8, 4) is 5.75 Å². The van der Waals surface area contributed by atoms with Crippen molar-refractivity contribution in [1.82, 2.24) is 4.90 Å². The smallest absolute Gasteiger partial charge is 0.246 e. The number of amides is 1. The van der Waals surface area contributed by atoms with Crippen molar-refractivity contribution in [1.29, 1.82) is 0 Å². The van der Waals surface area contributed by atoms with E-state index in [-0.39, 0.29) is 5.91 Å². The first kappa shape index (κ1) is 19.8. The van der Waals surface area contributed by atoms with E-state index in [1.54, 1.807) is 12.0 Å². The quantitative estimate of drug-likeness (QED) is 0.729. The van der Waals surface area contributed by atoms with Gasteiger partial charge in [-0.2, -0.15) is 0 Å². The molecule has 0 aliphatic heterocycles. The average molecular weight is 355 g/mol. The zero-order valence-electron chi connectivity index (χ0n) is 16.4. The summed E-state index contributed by atoms with van der Waals surface area (Å²) in [6, 6.07) is 15.7. The van der Waals surface area contributed by atoms with Crippen LogP contribution in [0.1, 0.15) is 5.56 Å². The van der Waals surface area contributed by atoms with E-state index in [4.69, 9.17) is 4.74 Å². The molecule has 2 aromatic carbocycles. The maximum atomic E-state index is 12.9. The summed E-state index contributed by atoms with van der Waals surface area (Å²) in [6.07, 6.45) is 0. The maximum absolute atomic E-state index is 12.9. The molecule has 26 heavy (non-hydrogen) atoms. The van der Waals surface area contributed by atoms with Crippen molar-refractivity contribution in [2.45, 2.75) is 6.92 Å². The average Bonchev–Trinajstić information content (AvgIpc) is 2.65. The van der Waals surface area contributed by atoms with Crippen LogP contribution in [0.5, 0.6) is 5.75 Å². The normalized spacial score (nSPS) is 10.7. The fraction of sp³-hybridized carbons (Fsp3) is 0.381. The van der Waals surface area contributed by atoms with Gasteiger partial charge in [0.15, 0.2) is 0 Å². The largest absolute Gasteiger partial charge is 0.497 e. The minimum atomic E-state index is 0.0529. The molecule has 2 aromatic rings. The molecule has 0 spiro atoms. The SMILES string of the molecule is COc1ccc(N(C)C(=O)CN(CCN(C)C)c2ccccc2C)cc1. The third kappa shape index (κ3) is 5.23. The predicted octanol–water partition coefficient (Wildman–Crippen LogP) is 3.03. The summed E-state index contributed by atoms with van der Waals surface area (Å²) in [4.78, 5) is 18.9. The molecule has 140 valence electrons. The minimum absolute atomic E-state index is 0.0529. The van der Waals surface area contributed by atoms with Crippen LogP contribution in [0.4, 0.5) is 11.4 Å². The number of rotatable bonds is 8. The summed E-state index contributed by atoms with van der Waals surface area (Å²) in [5, 5.41) is 0. The van der Waals surface area contributed by atoms with Gasteiger partial charge in [0.1, 0.15) is 5.75 Å². The number of anilines is 2. The molecule has 0 aliphatic rings. The van der Waals surface area contributed by atoms with Crippen molar-refractivity contribution in [2.75, 3.05) is 57.7 Å². The number of carbonyl (C=O) groups excluding carboxylic acids is 1. The summed E-state index contributed by atoms with van der Waals surface area (Å²) in [6.45, 7) is 4.09. The second-order valence-corrected chi connectivity index (χ2v) is 6.66. The number of aryl methyl sites for hydroxylation is 1. The molecule has 0 aliphatic carbocycles. The van der Waals surface area contributed by atoms with Crippen molar-refractivity contribution in [3.05, 3.63) is 54.1 Å². The molecule has 1 amide bonds. The molecule has 0 radical (unpaired) electrons. The highest BCUT2D eigenvalue weighted by molar-refractivity contribution is 5.96. The van der Waals surface area contributed by atoms with Gasteiger partial charge < -0.3 is 19.4 Å². The topological polar surface area (TPSA) is 36.0 Å². The fourth-order valence-electron chi connectivity index (χ4n) is 2.74. The summed E-state index contributed by atoms with van der Waals surface area (Å²) in [5.41, 5.74) is 3.13. The van der Waals surface area contributed by atoms with Crippen molar-refractivity contribution < 1.29 is 9.53 Å². The second kappa shape index (κ2) is 9.25. The number of hydrogen-bond donors (Lipinski definition) is 0. The first-order valence-corrected chi connectivity index (χ1v) is 8.78. The molecule has 0 aromatic heterocycles. The Morgan fingerprint density at radius 2 is 1.62 bits per heavy atom. The van der Waals surface area contributed by atoms with E-state index in [2.05, 4.69) is 28.9 Å². The fourth-order valence-corrected chi connectivity index (χ4v) is 2.74. The zero-order valence-corrected chi connectivity index (χ0v) is 16.4. The molecule has 2 rings (SSSR count). The van der Waals surface area contributed by atoms with Gasteiger partial charge in [-0.3, -0.25) is 4.79 Å². The van der Waals surface area contributed by atoms with Crippen LogP contribution in [0.3, 0.4) is 0 Å². The summed E-state index contributed by atoms with van der Waals surface area (Å²) in [7, 11) is 7.53. The summed E-state index contributed by atoms with van der Waals surface area (Å²) < 4.78 is 5.18. The van der Waals surface area contributed by atoms with E-state index >= 15 is 0 Å². The Hall–Kier alpha value is -2.53. The van der Waals surface area contributed by atoms with Crippen molar-refractivity contribution in [3.63, 3.8) is 0 Å². The van der Waals surface area contributed by atoms with Gasteiger partial charge in [-0.05, 0) is 56.9 Å². The highest BCUT2D eigenvalue weighted by atomic mass is 16.5. The molecule has 0 saturated carbocycles. The number of nitrogens with zero attached hydrogens (tertiary/aromatic N) is 3. The lowest BCUT2D eigenvalue weighted by molar-refractivity contribution is -0.117. The molecule has 0 heterocycles. The number of para-hydroxylation sites is 1. The van der Waals surface area contributed by atoms with E-state index < -0.39 is 0 Å².